The number of hydrogen-bond donors (Lipinski definition) is 1. The maximum atomic E-state index is 9.35. The molecule has 0 spiro atoms. The van der Waals surface area contributed by atoms with E-state index in [0.717, 1.165) is 11.5 Å². The highest BCUT2D eigenvalue weighted by molar-refractivity contribution is 8.00. The van der Waals surface area contributed by atoms with Crippen LogP contribution in [0.15, 0.2) is 24.3 Å². The van der Waals surface area contributed by atoms with Gasteiger partial charge in [-0.15, -0.1) is 0 Å². The standard InChI is InChI=1S/C9H10O2S/c10-8-3-1-2-4-9(8)11-7-5-12-6-7/h1-4,7,10H,5-6H2. The molecule has 0 saturated carbocycles. The van der Waals surface area contributed by atoms with E-state index in [2.05, 4.69) is 0 Å². The normalized spacial score (nSPS) is 17.0. The Morgan fingerprint density at radius 3 is 2.67 bits per heavy atom. The van der Waals surface area contributed by atoms with Gasteiger partial charge in [0.15, 0.2) is 11.5 Å². The van der Waals surface area contributed by atoms with Gasteiger partial charge in [0.05, 0.1) is 0 Å². The van der Waals surface area contributed by atoms with Crippen LogP contribution in [-0.2, 0) is 0 Å². The van der Waals surface area contributed by atoms with Crippen molar-refractivity contribution in [1.29, 1.82) is 0 Å². The molecule has 1 saturated heterocycles. The first-order valence-electron chi connectivity index (χ1n) is 3.88. The lowest BCUT2D eigenvalue weighted by atomic mass is 10.3. The van der Waals surface area contributed by atoms with Crippen LogP contribution in [0.5, 0.6) is 11.5 Å². The summed E-state index contributed by atoms with van der Waals surface area (Å²) in [6.07, 6.45) is 0.295. The highest BCUT2D eigenvalue weighted by Gasteiger charge is 2.20. The van der Waals surface area contributed by atoms with Gasteiger partial charge in [-0.2, -0.15) is 11.8 Å². The lowest BCUT2D eigenvalue weighted by Gasteiger charge is -2.25. The molecule has 0 unspecified atom stereocenters. The summed E-state index contributed by atoms with van der Waals surface area (Å²) >= 11 is 1.86. The summed E-state index contributed by atoms with van der Waals surface area (Å²) in [6.45, 7) is 0. The monoisotopic (exact) mass is 182 g/mol. The third-order valence-corrected chi connectivity index (χ3v) is 2.98. The van der Waals surface area contributed by atoms with Crippen LogP contribution in [0.25, 0.3) is 0 Å². The van der Waals surface area contributed by atoms with Gasteiger partial charge < -0.3 is 9.84 Å². The number of phenolic OH excluding ortho intramolecular Hbond substituents is 1. The van der Waals surface area contributed by atoms with E-state index in [-0.39, 0.29) is 5.75 Å². The lowest BCUT2D eigenvalue weighted by Crippen LogP contribution is -2.30. The molecule has 1 N–H and O–H groups in total. The second-order valence-corrected chi connectivity index (χ2v) is 3.82. The molecule has 0 atom stereocenters. The van der Waals surface area contributed by atoms with E-state index in [9.17, 15) is 5.11 Å². The predicted molar refractivity (Wildman–Crippen MR) is 49.8 cm³/mol. The molecule has 1 aliphatic heterocycles. The molecule has 2 rings (SSSR count). The van der Waals surface area contributed by atoms with Gasteiger partial charge in [0.2, 0.25) is 0 Å². The summed E-state index contributed by atoms with van der Waals surface area (Å²) in [5, 5.41) is 9.35. The number of para-hydroxylation sites is 2. The van der Waals surface area contributed by atoms with Crippen molar-refractivity contribution < 1.29 is 9.84 Å². The Kier molecular flexibility index (Phi) is 2.13. The van der Waals surface area contributed by atoms with Gasteiger partial charge in [0.25, 0.3) is 0 Å². The Hall–Kier alpha value is -0.830. The first-order valence-corrected chi connectivity index (χ1v) is 5.04. The highest BCUT2D eigenvalue weighted by atomic mass is 32.2. The van der Waals surface area contributed by atoms with Crippen LogP contribution >= 0.6 is 11.8 Å². The van der Waals surface area contributed by atoms with Crippen molar-refractivity contribution in [2.24, 2.45) is 0 Å². The molecule has 0 amide bonds. The zero-order valence-corrected chi connectivity index (χ0v) is 7.38. The Morgan fingerprint density at radius 2 is 2.08 bits per heavy atom. The number of thioether (sulfide) groups is 1. The maximum absolute atomic E-state index is 9.35. The van der Waals surface area contributed by atoms with Gasteiger partial charge in [-0.3, -0.25) is 0 Å². The molecule has 1 fully saturated rings. The molecule has 1 aromatic carbocycles. The van der Waals surface area contributed by atoms with Crippen LogP contribution in [0.3, 0.4) is 0 Å². The van der Waals surface area contributed by atoms with Crippen LogP contribution in [0.4, 0.5) is 0 Å². The van der Waals surface area contributed by atoms with E-state index in [1.165, 1.54) is 0 Å². The van der Waals surface area contributed by atoms with Crippen molar-refractivity contribution in [3.63, 3.8) is 0 Å². The summed E-state index contributed by atoms with van der Waals surface area (Å²) in [4.78, 5) is 0. The Balaban J connectivity index is 2.06. The minimum atomic E-state index is 0.231. The molecule has 0 aliphatic carbocycles. The fourth-order valence-corrected chi connectivity index (χ4v) is 1.58. The molecule has 0 aromatic heterocycles. The Bertz CT molecular complexity index is 271. The number of benzene rings is 1. The number of rotatable bonds is 2. The van der Waals surface area contributed by atoms with Gasteiger partial charge in [0, 0.05) is 11.5 Å². The Labute approximate surface area is 75.6 Å². The van der Waals surface area contributed by atoms with Crippen molar-refractivity contribution in [2.45, 2.75) is 6.10 Å². The van der Waals surface area contributed by atoms with E-state index >= 15 is 0 Å². The summed E-state index contributed by atoms with van der Waals surface area (Å²) in [6, 6.07) is 7.08. The second kappa shape index (κ2) is 3.27. The van der Waals surface area contributed by atoms with Gasteiger partial charge in [0.1, 0.15) is 6.10 Å². The van der Waals surface area contributed by atoms with Gasteiger partial charge in [-0.1, -0.05) is 12.1 Å². The molecular weight excluding hydrogens is 172 g/mol. The zero-order valence-electron chi connectivity index (χ0n) is 6.56. The number of aromatic hydroxyl groups is 1. The van der Waals surface area contributed by atoms with Crippen LogP contribution in [0.1, 0.15) is 0 Å². The molecule has 0 radical (unpaired) electrons. The minimum Gasteiger partial charge on any atom is -0.504 e. The SMILES string of the molecule is Oc1ccccc1OC1CSC1. The van der Waals surface area contributed by atoms with Crippen molar-refractivity contribution >= 4 is 11.8 Å². The first-order chi connectivity index (χ1) is 5.86. The smallest absolute Gasteiger partial charge is 0.161 e. The van der Waals surface area contributed by atoms with E-state index in [1.807, 2.05) is 17.8 Å². The van der Waals surface area contributed by atoms with E-state index in [0.29, 0.717) is 11.9 Å². The average molecular weight is 182 g/mol. The van der Waals surface area contributed by atoms with Crippen LogP contribution < -0.4 is 4.74 Å². The maximum Gasteiger partial charge on any atom is 0.161 e. The molecule has 1 aromatic rings. The molecule has 64 valence electrons. The predicted octanol–water partition coefficient (Wildman–Crippen LogP) is 1.89. The summed E-state index contributed by atoms with van der Waals surface area (Å²) in [5.41, 5.74) is 0. The third kappa shape index (κ3) is 1.50. The van der Waals surface area contributed by atoms with Gasteiger partial charge in [-0.05, 0) is 12.1 Å². The average Bonchev–Trinajstić information content (AvgIpc) is 2.00. The highest BCUT2D eigenvalue weighted by Crippen LogP contribution is 2.29. The quantitative estimate of drug-likeness (QED) is 0.757. The lowest BCUT2D eigenvalue weighted by molar-refractivity contribution is 0.230. The van der Waals surface area contributed by atoms with E-state index in [4.69, 9.17) is 4.74 Å². The molecule has 1 aliphatic rings. The van der Waals surface area contributed by atoms with Crippen LogP contribution in [0, 0.1) is 0 Å². The summed E-state index contributed by atoms with van der Waals surface area (Å²) in [7, 11) is 0. The molecular formula is C9H10O2S. The zero-order chi connectivity index (χ0) is 8.39. The summed E-state index contributed by atoms with van der Waals surface area (Å²) < 4.78 is 5.51. The van der Waals surface area contributed by atoms with Gasteiger partial charge >= 0.3 is 0 Å². The number of phenols is 1. The number of ether oxygens (including phenoxy) is 1. The molecule has 3 heteroatoms. The van der Waals surface area contributed by atoms with Crippen molar-refractivity contribution in [3.8, 4) is 11.5 Å². The Morgan fingerprint density at radius 1 is 1.33 bits per heavy atom. The minimum absolute atomic E-state index is 0.231. The van der Waals surface area contributed by atoms with Gasteiger partial charge in [-0.25, -0.2) is 0 Å². The first kappa shape index (κ1) is 7.80. The van der Waals surface area contributed by atoms with Crippen LogP contribution in [-0.4, -0.2) is 22.7 Å². The molecule has 12 heavy (non-hydrogen) atoms. The molecule has 2 nitrogen and oxygen atoms in total. The topological polar surface area (TPSA) is 29.5 Å². The molecule has 1 heterocycles. The fraction of sp³-hybridized carbons (Fsp3) is 0.333. The summed E-state index contributed by atoms with van der Waals surface area (Å²) in [5.74, 6) is 2.90. The van der Waals surface area contributed by atoms with E-state index < -0.39 is 0 Å². The van der Waals surface area contributed by atoms with Crippen molar-refractivity contribution in [1.82, 2.24) is 0 Å². The van der Waals surface area contributed by atoms with Crippen molar-refractivity contribution in [2.75, 3.05) is 11.5 Å². The largest absolute Gasteiger partial charge is 0.504 e. The van der Waals surface area contributed by atoms with Crippen LogP contribution in [0.2, 0.25) is 0 Å². The second-order valence-electron chi connectivity index (χ2n) is 2.75. The number of hydrogen-bond acceptors (Lipinski definition) is 3. The molecule has 0 bridgehead atoms. The third-order valence-electron chi connectivity index (χ3n) is 1.77. The van der Waals surface area contributed by atoms with Crippen molar-refractivity contribution in [3.05, 3.63) is 24.3 Å². The van der Waals surface area contributed by atoms with E-state index in [1.54, 1.807) is 18.2 Å². The fourth-order valence-electron chi connectivity index (χ4n) is 1.02.